The Kier molecular flexibility index (Phi) is 8.42. The van der Waals surface area contributed by atoms with Crippen molar-refractivity contribution in [3.8, 4) is 11.5 Å². The van der Waals surface area contributed by atoms with Crippen molar-refractivity contribution in [2.45, 2.75) is 13.0 Å². The van der Waals surface area contributed by atoms with Crippen molar-refractivity contribution in [3.63, 3.8) is 0 Å². The number of barbiturate groups is 1. The number of hydrogen-bond acceptors (Lipinski definition) is 5. The van der Waals surface area contributed by atoms with Gasteiger partial charge in [-0.2, -0.15) is 0 Å². The first-order valence-electron chi connectivity index (χ1n) is 11.3. The smallest absolute Gasteiger partial charge is 0.335 e. The summed E-state index contributed by atoms with van der Waals surface area (Å²) in [6.45, 7) is 3.95. The van der Waals surface area contributed by atoms with Gasteiger partial charge >= 0.3 is 6.03 Å². The van der Waals surface area contributed by atoms with Crippen LogP contribution in [-0.2, 0) is 22.6 Å². The van der Waals surface area contributed by atoms with Crippen LogP contribution in [0.3, 0.4) is 0 Å². The van der Waals surface area contributed by atoms with Crippen LogP contribution in [0.1, 0.15) is 16.7 Å². The van der Waals surface area contributed by atoms with E-state index in [4.69, 9.17) is 44.3 Å². The molecule has 0 atom stereocenters. The van der Waals surface area contributed by atoms with E-state index in [1.807, 2.05) is 0 Å². The third-order valence-electron chi connectivity index (χ3n) is 5.62. The Morgan fingerprint density at radius 3 is 2.32 bits per heavy atom. The van der Waals surface area contributed by atoms with Gasteiger partial charge in [-0.15, -0.1) is 6.58 Å². The third-order valence-corrected chi connectivity index (χ3v) is 6.46. The number of methoxy groups -OCH3 is 1. The molecule has 7 nitrogen and oxygen atoms in total. The number of hydrogen-bond donors (Lipinski definition) is 1. The van der Waals surface area contributed by atoms with Gasteiger partial charge in [0.25, 0.3) is 11.8 Å². The lowest BCUT2D eigenvalue weighted by Gasteiger charge is -2.26. The number of nitrogens with zero attached hydrogens (tertiary/aromatic N) is 1. The summed E-state index contributed by atoms with van der Waals surface area (Å²) in [4.78, 5) is 39.2. The van der Waals surface area contributed by atoms with Gasteiger partial charge in [0.05, 0.1) is 12.8 Å². The van der Waals surface area contributed by atoms with Gasteiger partial charge in [-0.25, -0.2) is 9.69 Å². The number of urea groups is 1. The second-order valence-corrected chi connectivity index (χ2v) is 9.44. The summed E-state index contributed by atoms with van der Waals surface area (Å²) in [6.07, 6.45) is 3.49. The van der Waals surface area contributed by atoms with E-state index in [2.05, 4.69) is 11.9 Å². The molecule has 0 saturated carbocycles. The molecule has 3 aromatic carbocycles. The molecule has 0 aliphatic carbocycles. The quantitative estimate of drug-likeness (QED) is 0.186. The molecule has 1 saturated heterocycles. The SMILES string of the molecule is C=CCc1cc(/C=C2\C(=O)NC(=O)N(c3ccc(Cl)cc3)C2=O)cc(OC)c1OCc1ccc(Cl)cc1Cl. The van der Waals surface area contributed by atoms with E-state index in [0.717, 1.165) is 10.5 Å². The Morgan fingerprint density at radius 1 is 0.947 bits per heavy atom. The highest BCUT2D eigenvalue weighted by molar-refractivity contribution is 6.39. The van der Waals surface area contributed by atoms with E-state index in [1.54, 1.807) is 48.5 Å². The summed E-state index contributed by atoms with van der Waals surface area (Å²) in [6, 6.07) is 13.7. The zero-order valence-electron chi connectivity index (χ0n) is 20.1. The van der Waals surface area contributed by atoms with Crippen molar-refractivity contribution < 1.29 is 23.9 Å². The molecule has 10 heteroatoms. The number of ether oxygens (including phenoxy) is 2. The minimum atomic E-state index is -0.853. The van der Waals surface area contributed by atoms with Crippen LogP contribution in [-0.4, -0.2) is 25.0 Å². The lowest BCUT2D eigenvalue weighted by molar-refractivity contribution is -0.122. The predicted octanol–water partition coefficient (Wildman–Crippen LogP) is 6.63. The molecule has 0 radical (unpaired) electrons. The Bertz CT molecular complexity index is 1470. The number of halogens is 3. The molecular weight excluding hydrogens is 551 g/mol. The van der Waals surface area contributed by atoms with Gasteiger partial charge in [-0.1, -0.05) is 46.9 Å². The van der Waals surface area contributed by atoms with Crippen molar-refractivity contribution in [3.05, 3.63) is 105 Å². The summed E-state index contributed by atoms with van der Waals surface area (Å²) >= 11 is 18.2. The second-order valence-electron chi connectivity index (χ2n) is 8.16. The van der Waals surface area contributed by atoms with Crippen LogP contribution >= 0.6 is 34.8 Å². The van der Waals surface area contributed by atoms with Gasteiger partial charge in [0, 0.05) is 26.2 Å². The number of anilines is 1. The molecule has 1 aliphatic rings. The average Bonchev–Trinajstić information content (AvgIpc) is 2.87. The number of rotatable bonds is 8. The van der Waals surface area contributed by atoms with E-state index in [9.17, 15) is 14.4 Å². The van der Waals surface area contributed by atoms with Crippen molar-refractivity contribution in [1.82, 2.24) is 5.32 Å². The number of imide groups is 2. The van der Waals surface area contributed by atoms with E-state index in [-0.39, 0.29) is 17.9 Å². The fourth-order valence-corrected chi connectivity index (χ4v) is 4.42. The Labute approximate surface area is 234 Å². The summed E-state index contributed by atoms with van der Waals surface area (Å²) in [5.74, 6) is -0.760. The topological polar surface area (TPSA) is 84.9 Å². The van der Waals surface area contributed by atoms with Gasteiger partial charge in [0.15, 0.2) is 11.5 Å². The van der Waals surface area contributed by atoms with Crippen LogP contribution in [0.25, 0.3) is 6.08 Å². The highest BCUT2D eigenvalue weighted by Crippen LogP contribution is 2.36. The van der Waals surface area contributed by atoms with Crippen LogP contribution in [0, 0.1) is 0 Å². The monoisotopic (exact) mass is 570 g/mol. The van der Waals surface area contributed by atoms with Gasteiger partial charge in [0.1, 0.15) is 12.2 Å². The number of carbonyl (C=O) groups excluding carboxylic acids is 3. The van der Waals surface area contributed by atoms with Crippen LogP contribution in [0.5, 0.6) is 11.5 Å². The molecule has 1 fully saturated rings. The molecule has 0 bridgehead atoms. The Balaban J connectivity index is 1.70. The van der Waals surface area contributed by atoms with Crippen molar-refractivity contribution in [2.24, 2.45) is 0 Å². The summed E-state index contributed by atoms with van der Waals surface area (Å²) in [7, 11) is 1.48. The first-order valence-corrected chi connectivity index (χ1v) is 12.4. The van der Waals surface area contributed by atoms with Crippen LogP contribution in [0.15, 0.2) is 72.8 Å². The molecule has 3 aromatic rings. The predicted molar refractivity (Wildman–Crippen MR) is 148 cm³/mol. The minimum Gasteiger partial charge on any atom is -0.493 e. The standard InChI is InChI=1S/C28H21Cl3N2O5/c1-3-4-17-11-16(13-24(37-2)25(17)38-15-18-5-6-20(30)14-23(18)31)12-22-26(34)32-28(36)33(27(22)35)21-9-7-19(29)8-10-21/h3,5-14H,1,4,15H2,2H3,(H,32,34,36)/b22-12+. The maximum Gasteiger partial charge on any atom is 0.335 e. The molecule has 4 rings (SSSR count). The molecule has 38 heavy (non-hydrogen) atoms. The molecule has 0 spiro atoms. The number of nitrogens with one attached hydrogen (secondary N) is 1. The van der Waals surface area contributed by atoms with Gasteiger partial charge in [0.2, 0.25) is 0 Å². The molecule has 0 unspecified atom stereocenters. The lowest BCUT2D eigenvalue weighted by atomic mass is 10.0. The van der Waals surface area contributed by atoms with E-state index >= 15 is 0 Å². The van der Waals surface area contributed by atoms with E-state index in [1.165, 1.54) is 25.3 Å². The molecular formula is C28H21Cl3N2O5. The molecule has 4 amide bonds. The average molecular weight is 572 g/mol. The molecule has 1 aliphatic heterocycles. The molecule has 194 valence electrons. The zero-order valence-corrected chi connectivity index (χ0v) is 22.4. The van der Waals surface area contributed by atoms with Gasteiger partial charge in [-0.05, 0) is 66.6 Å². The van der Waals surface area contributed by atoms with Crippen molar-refractivity contribution in [1.29, 1.82) is 0 Å². The summed E-state index contributed by atoms with van der Waals surface area (Å²) in [5, 5.41) is 3.62. The largest absolute Gasteiger partial charge is 0.493 e. The molecule has 1 heterocycles. The highest BCUT2D eigenvalue weighted by Gasteiger charge is 2.36. The first-order chi connectivity index (χ1) is 18.2. The maximum atomic E-state index is 13.2. The van der Waals surface area contributed by atoms with Gasteiger partial charge in [-0.3, -0.25) is 14.9 Å². The lowest BCUT2D eigenvalue weighted by Crippen LogP contribution is -2.54. The number of benzene rings is 3. The normalized spacial score (nSPS) is 14.5. The molecule has 0 aromatic heterocycles. The number of amides is 4. The number of allylic oxidation sites excluding steroid dienone is 1. The zero-order chi connectivity index (χ0) is 27.4. The van der Waals surface area contributed by atoms with Crippen LogP contribution in [0.4, 0.5) is 10.5 Å². The molecule has 1 N–H and O–H groups in total. The fraction of sp³-hybridized carbons (Fsp3) is 0.107. The third kappa shape index (κ3) is 5.86. The fourth-order valence-electron chi connectivity index (χ4n) is 3.83. The minimum absolute atomic E-state index is 0.149. The van der Waals surface area contributed by atoms with Gasteiger partial charge < -0.3 is 9.47 Å². The van der Waals surface area contributed by atoms with E-state index < -0.39 is 17.8 Å². The first kappa shape index (κ1) is 27.3. The van der Waals surface area contributed by atoms with Crippen molar-refractivity contribution in [2.75, 3.05) is 12.0 Å². The summed E-state index contributed by atoms with van der Waals surface area (Å²) < 4.78 is 11.6. The summed E-state index contributed by atoms with van der Waals surface area (Å²) in [5.41, 5.74) is 1.95. The highest BCUT2D eigenvalue weighted by atomic mass is 35.5. The van der Waals surface area contributed by atoms with E-state index in [0.29, 0.717) is 44.1 Å². The van der Waals surface area contributed by atoms with Crippen molar-refractivity contribution >= 4 is 64.4 Å². The second kappa shape index (κ2) is 11.7. The van der Waals surface area contributed by atoms with Crippen LogP contribution < -0.4 is 19.7 Å². The maximum absolute atomic E-state index is 13.2. The van der Waals surface area contributed by atoms with Crippen LogP contribution in [0.2, 0.25) is 15.1 Å². The Hall–Kier alpha value is -3.78. The number of carbonyl (C=O) groups is 3. The Morgan fingerprint density at radius 2 is 1.66 bits per heavy atom.